The first-order valence-electron chi connectivity index (χ1n) is 15.8. The minimum atomic E-state index is 1.17. The van der Waals surface area contributed by atoms with Crippen molar-refractivity contribution < 1.29 is 0 Å². The molecule has 1 nitrogen and oxygen atoms in total. The number of fused-ring (bicyclic) bond motifs is 12. The molecule has 0 saturated heterocycles. The number of thiophene rings is 1. The van der Waals surface area contributed by atoms with Crippen LogP contribution in [-0.4, -0.2) is 4.57 Å². The molecule has 10 rings (SSSR count). The largest absolute Gasteiger partial charge is 0.309 e. The molecule has 0 bridgehead atoms. The summed E-state index contributed by atoms with van der Waals surface area (Å²) in [7, 11) is 0. The van der Waals surface area contributed by atoms with Gasteiger partial charge in [-0.15, -0.1) is 11.3 Å². The van der Waals surface area contributed by atoms with E-state index in [1.807, 2.05) is 11.3 Å². The van der Waals surface area contributed by atoms with E-state index in [1.54, 1.807) is 0 Å². The Morgan fingerprint density at radius 1 is 0.370 bits per heavy atom. The molecule has 0 spiro atoms. The summed E-state index contributed by atoms with van der Waals surface area (Å²) in [6.45, 7) is 0. The predicted octanol–water partition coefficient (Wildman–Crippen LogP) is 12.8. The van der Waals surface area contributed by atoms with E-state index < -0.39 is 0 Å². The average Bonchev–Trinajstić information content (AvgIpc) is 3.69. The maximum absolute atomic E-state index is 2.52. The van der Waals surface area contributed by atoms with Gasteiger partial charge in [0.25, 0.3) is 0 Å². The quantitative estimate of drug-likeness (QED) is 0.190. The normalized spacial score (nSPS) is 11.9. The summed E-state index contributed by atoms with van der Waals surface area (Å²) >= 11 is 1.94. The summed E-state index contributed by atoms with van der Waals surface area (Å²) in [4.78, 5) is 0. The Bertz CT molecular complexity index is 2730. The predicted molar refractivity (Wildman–Crippen MR) is 200 cm³/mol. The van der Waals surface area contributed by atoms with Crippen molar-refractivity contribution in [2.75, 3.05) is 0 Å². The van der Waals surface area contributed by atoms with Gasteiger partial charge in [0, 0.05) is 47.4 Å². The van der Waals surface area contributed by atoms with Crippen molar-refractivity contribution in [2.24, 2.45) is 0 Å². The zero-order valence-corrected chi connectivity index (χ0v) is 25.8. The zero-order chi connectivity index (χ0) is 30.2. The van der Waals surface area contributed by atoms with Crippen molar-refractivity contribution >= 4 is 74.9 Å². The van der Waals surface area contributed by atoms with Gasteiger partial charge in [0.2, 0.25) is 0 Å². The van der Waals surface area contributed by atoms with Crippen LogP contribution < -0.4 is 0 Å². The fraction of sp³-hybridized carbons (Fsp3) is 0. The van der Waals surface area contributed by atoms with E-state index in [1.165, 1.54) is 91.5 Å². The van der Waals surface area contributed by atoms with Crippen LogP contribution in [0.25, 0.3) is 91.5 Å². The van der Waals surface area contributed by atoms with Crippen LogP contribution in [0.1, 0.15) is 0 Å². The molecule has 0 N–H and O–H groups in total. The Labute approximate surface area is 270 Å². The van der Waals surface area contributed by atoms with Crippen molar-refractivity contribution in [3.8, 4) is 27.9 Å². The monoisotopic (exact) mass is 601 g/mol. The molecule has 0 radical (unpaired) electrons. The third kappa shape index (κ3) is 3.68. The van der Waals surface area contributed by atoms with Gasteiger partial charge < -0.3 is 4.57 Å². The molecule has 0 aliphatic heterocycles. The first kappa shape index (κ1) is 25.6. The van der Waals surface area contributed by atoms with E-state index in [2.05, 4.69) is 168 Å². The minimum Gasteiger partial charge on any atom is -0.309 e. The zero-order valence-electron chi connectivity index (χ0n) is 24.9. The van der Waals surface area contributed by atoms with Gasteiger partial charge in [-0.3, -0.25) is 0 Å². The van der Waals surface area contributed by atoms with Crippen molar-refractivity contribution in [1.82, 2.24) is 4.57 Å². The van der Waals surface area contributed by atoms with E-state index in [0.29, 0.717) is 0 Å². The molecule has 0 atom stereocenters. The minimum absolute atomic E-state index is 1.17. The molecule has 214 valence electrons. The number of nitrogens with zero attached hydrogens (tertiary/aromatic N) is 1. The Hall–Kier alpha value is -5.70. The Morgan fingerprint density at radius 3 is 1.67 bits per heavy atom. The Balaban J connectivity index is 1.42. The molecule has 0 fully saturated rings. The number of hydrogen-bond donors (Lipinski definition) is 0. The number of hydrogen-bond acceptors (Lipinski definition) is 1. The van der Waals surface area contributed by atoms with Crippen LogP contribution >= 0.6 is 11.3 Å². The second-order valence-corrected chi connectivity index (χ2v) is 13.1. The molecule has 0 saturated carbocycles. The molecular formula is C44H27NS. The highest BCUT2D eigenvalue weighted by Gasteiger charge is 2.22. The van der Waals surface area contributed by atoms with Gasteiger partial charge in [0.05, 0.1) is 11.0 Å². The maximum atomic E-state index is 2.52. The molecule has 10 aromatic rings. The molecule has 2 heterocycles. The van der Waals surface area contributed by atoms with Crippen molar-refractivity contribution in [2.45, 2.75) is 0 Å². The maximum Gasteiger partial charge on any atom is 0.0626 e. The molecule has 0 aliphatic carbocycles. The number of para-hydroxylation sites is 1. The van der Waals surface area contributed by atoms with Crippen molar-refractivity contribution in [3.63, 3.8) is 0 Å². The SMILES string of the molecule is c1ccc(-c2cc(-c3ccccc3)cc(-n3c4ccccc4c4c5c6ccc7ccccc7c6sc5c5ccccc5c43)c2)cc1. The topological polar surface area (TPSA) is 4.93 Å². The first-order valence-corrected chi connectivity index (χ1v) is 16.6. The Morgan fingerprint density at radius 2 is 0.957 bits per heavy atom. The lowest BCUT2D eigenvalue weighted by atomic mass is 9.97. The summed E-state index contributed by atoms with van der Waals surface area (Å²) in [6, 6.07) is 60.0. The van der Waals surface area contributed by atoms with E-state index >= 15 is 0 Å². The molecule has 2 aromatic heterocycles. The number of aromatic nitrogens is 1. The third-order valence-corrected chi connectivity index (χ3v) is 10.8. The fourth-order valence-electron chi connectivity index (χ4n) is 7.50. The van der Waals surface area contributed by atoms with Gasteiger partial charge >= 0.3 is 0 Å². The standard InChI is InChI=1S/C44H27NS/c1-3-13-28(14-4-1)31-25-32(29-15-5-2-6-16-29)27-33(26-31)45-39-22-12-11-21-37(39)40-41-38-24-23-30-17-7-8-18-34(30)43(38)46-44(41)36-20-10-9-19-35(36)42(40)45/h1-27H. The van der Waals surface area contributed by atoms with Crippen molar-refractivity contribution in [1.29, 1.82) is 0 Å². The lowest BCUT2D eigenvalue weighted by Crippen LogP contribution is -1.96. The van der Waals surface area contributed by atoms with Gasteiger partial charge in [-0.1, -0.05) is 140 Å². The molecule has 0 aliphatic rings. The fourth-order valence-corrected chi connectivity index (χ4v) is 8.88. The molecular weight excluding hydrogens is 575 g/mol. The van der Waals surface area contributed by atoms with Crippen LogP contribution in [0.15, 0.2) is 164 Å². The average molecular weight is 602 g/mol. The number of benzene rings is 8. The second-order valence-electron chi connectivity index (χ2n) is 12.1. The summed E-state index contributed by atoms with van der Waals surface area (Å²) in [5.74, 6) is 0. The highest BCUT2D eigenvalue weighted by molar-refractivity contribution is 7.27. The smallest absolute Gasteiger partial charge is 0.0626 e. The van der Waals surface area contributed by atoms with Gasteiger partial charge in [-0.05, 0) is 57.3 Å². The third-order valence-electron chi connectivity index (χ3n) is 9.52. The van der Waals surface area contributed by atoms with Gasteiger partial charge in [-0.2, -0.15) is 0 Å². The summed E-state index contributed by atoms with van der Waals surface area (Å²) in [5, 5.41) is 10.5. The lowest BCUT2D eigenvalue weighted by molar-refractivity contribution is 1.19. The first-order chi connectivity index (χ1) is 22.8. The van der Waals surface area contributed by atoms with Crippen molar-refractivity contribution in [3.05, 3.63) is 164 Å². The highest BCUT2D eigenvalue weighted by Crippen LogP contribution is 2.49. The molecule has 0 amide bonds. The van der Waals surface area contributed by atoms with E-state index in [-0.39, 0.29) is 0 Å². The van der Waals surface area contributed by atoms with Crippen LogP contribution in [-0.2, 0) is 0 Å². The van der Waals surface area contributed by atoms with Gasteiger partial charge in [-0.25, -0.2) is 0 Å². The van der Waals surface area contributed by atoms with E-state index in [4.69, 9.17) is 0 Å². The second kappa shape index (κ2) is 9.90. The van der Waals surface area contributed by atoms with Crippen LogP contribution in [0, 0.1) is 0 Å². The summed E-state index contributed by atoms with van der Waals surface area (Å²) in [5.41, 5.74) is 8.50. The van der Waals surface area contributed by atoms with E-state index in [9.17, 15) is 0 Å². The lowest BCUT2D eigenvalue weighted by Gasteiger charge is -2.15. The van der Waals surface area contributed by atoms with Crippen LogP contribution in [0.2, 0.25) is 0 Å². The number of rotatable bonds is 3. The molecule has 0 unspecified atom stereocenters. The van der Waals surface area contributed by atoms with Crippen LogP contribution in [0.3, 0.4) is 0 Å². The van der Waals surface area contributed by atoms with Crippen LogP contribution in [0.4, 0.5) is 0 Å². The molecule has 8 aromatic carbocycles. The van der Waals surface area contributed by atoms with Gasteiger partial charge in [0.15, 0.2) is 0 Å². The molecule has 2 heteroatoms. The molecule has 46 heavy (non-hydrogen) atoms. The summed E-state index contributed by atoms with van der Waals surface area (Å²) < 4.78 is 5.25. The van der Waals surface area contributed by atoms with E-state index in [0.717, 1.165) is 0 Å². The van der Waals surface area contributed by atoms with Gasteiger partial charge in [0.1, 0.15) is 0 Å². The highest BCUT2D eigenvalue weighted by atomic mass is 32.1. The summed E-state index contributed by atoms with van der Waals surface area (Å²) in [6.07, 6.45) is 0. The Kier molecular flexibility index (Phi) is 5.51. The van der Waals surface area contributed by atoms with Crippen LogP contribution in [0.5, 0.6) is 0 Å².